The van der Waals surface area contributed by atoms with Gasteiger partial charge in [0, 0.05) is 0 Å². The Balaban J connectivity index is 1.14. The first kappa shape index (κ1) is 47.5. The van der Waals surface area contributed by atoms with Gasteiger partial charge in [-0.3, -0.25) is 0 Å². The van der Waals surface area contributed by atoms with Crippen molar-refractivity contribution < 1.29 is 71.4 Å². The molecule has 2 heterocycles. The van der Waals surface area contributed by atoms with Crippen LogP contribution in [0.5, 0.6) is 0 Å². The van der Waals surface area contributed by atoms with Crippen LogP contribution in [-0.2, 0) is 42.6 Å². The zero-order valence-electron chi connectivity index (χ0n) is 37.1. The third-order valence-corrected chi connectivity index (χ3v) is 11.2. The first-order chi connectivity index (χ1) is 33.6. The van der Waals surface area contributed by atoms with Crippen molar-refractivity contribution in [2.75, 3.05) is 13.2 Å². The fourth-order valence-electron chi connectivity index (χ4n) is 7.69. The zero-order valence-corrected chi connectivity index (χ0v) is 37.1. The van der Waals surface area contributed by atoms with Gasteiger partial charge in [-0.25, -0.2) is 28.8 Å². The number of benzene rings is 6. The molecule has 15 nitrogen and oxygen atoms in total. The van der Waals surface area contributed by atoms with E-state index in [0.717, 1.165) is 0 Å². The zero-order chi connectivity index (χ0) is 48.1. The second-order valence-corrected chi connectivity index (χ2v) is 15.9. The minimum absolute atomic E-state index is 0.128. The van der Waals surface area contributed by atoms with Gasteiger partial charge in [-0.15, -0.1) is 0 Å². The molecule has 0 amide bonds. The van der Waals surface area contributed by atoms with Crippen LogP contribution in [0.15, 0.2) is 182 Å². The molecule has 15 heteroatoms. The van der Waals surface area contributed by atoms with Gasteiger partial charge < -0.3 is 42.6 Å². The molecule has 6 aromatic carbocycles. The van der Waals surface area contributed by atoms with Crippen molar-refractivity contribution in [1.82, 2.24) is 0 Å². The van der Waals surface area contributed by atoms with Crippen molar-refractivity contribution in [2.45, 2.75) is 62.0 Å². The Morgan fingerprint density at radius 3 is 1.07 bits per heavy atom. The Kier molecular flexibility index (Phi) is 15.6. The lowest BCUT2D eigenvalue weighted by molar-refractivity contribution is -0.301. The molecule has 0 bridgehead atoms. The topological polar surface area (TPSA) is 185 Å². The summed E-state index contributed by atoms with van der Waals surface area (Å²) in [6.45, 7) is 0.669. The molecule has 8 rings (SSSR count). The van der Waals surface area contributed by atoms with E-state index in [9.17, 15) is 28.8 Å². The van der Waals surface area contributed by atoms with Gasteiger partial charge in [0.25, 0.3) is 0 Å². The Morgan fingerprint density at radius 1 is 0.391 bits per heavy atom. The second kappa shape index (κ2) is 22.7. The van der Waals surface area contributed by atoms with E-state index >= 15 is 0 Å². The normalized spacial score (nSPS) is 23.0. The quantitative estimate of drug-likeness (QED) is 0.0728. The number of esters is 6. The standard InChI is InChI=1S/C54H46O15/c1-34-43(65-49(56)36-22-10-3-11-23-36)46(68-52(59)39-28-16-6-17-29-39)47(69-53(60)40-30-18-7-19-31-40)54(63-34)62-32-41-44(66-50(57)37-24-12-4-13-25-37)45(67-51(58)38-26-14-5-15-27-38)42(33-61-41)64-48(55)35-20-8-2-9-21-35/h2-31,34,41-47,54H,32-33H2,1H3/t34-,41-,42+,43-,44-,45-,46+,47-,54-/m1/s1. The number of ether oxygens (including phenoxy) is 9. The van der Waals surface area contributed by atoms with Gasteiger partial charge in [-0.1, -0.05) is 109 Å². The minimum Gasteiger partial charge on any atom is -0.452 e. The van der Waals surface area contributed by atoms with Crippen LogP contribution >= 0.6 is 0 Å². The molecule has 0 saturated carbocycles. The third-order valence-electron chi connectivity index (χ3n) is 11.2. The Hall–Kier alpha value is -7.98. The fraction of sp³-hybridized carbons (Fsp3) is 0.222. The number of hydrogen-bond donors (Lipinski definition) is 0. The summed E-state index contributed by atoms with van der Waals surface area (Å²) in [7, 11) is 0. The average molecular weight is 935 g/mol. The minimum atomic E-state index is -1.63. The summed E-state index contributed by atoms with van der Waals surface area (Å²) in [6, 6.07) is 48.4. The highest BCUT2D eigenvalue weighted by Gasteiger charge is 2.53. The van der Waals surface area contributed by atoms with Crippen LogP contribution in [0, 0.1) is 0 Å². The largest absolute Gasteiger partial charge is 0.452 e. The van der Waals surface area contributed by atoms with Gasteiger partial charge in [0.15, 0.2) is 42.9 Å². The van der Waals surface area contributed by atoms with Crippen molar-refractivity contribution in [3.05, 3.63) is 215 Å². The van der Waals surface area contributed by atoms with Crippen LogP contribution in [0.4, 0.5) is 0 Å². The van der Waals surface area contributed by atoms with E-state index in [4.69, 9.17) is 42.6 Å². The molecule has 0 N–H and O–H groups in total. The number of rotatable bonds is 15. The monoisotopic (exact) mass is 934 g/mol. The van der Waals surface area contributed by atoms with E-state index in [1.807, 2.05) is 0 Å². The summed E-state index contributed by atoms with van der Waals surface area (Å²) < 4.78 is 55.5. The van der Waals surface area contributed by atoms with Gasteiger partial charge in [0.05, 0.1) is 52.7 Å². The summed E-state index contributed by atoms with van der Waals surface area (Å²) in [5, 5.41) is 0. The van der Waals surface area contributed by atoms with Crippen molar-refractivity contribution in [1.29, 1.82) is 0 Å². The molecule has 6 aromatic rings. The van der Waals surface area contributed by atoms with Gasteiger partial charge in [-0.2, -0.15) is 0 Å². The lowest BCUT2D eigenvalue weighted by atomic mass is 9.97. The lowest BCUT2D eigenvalue weighted by Crippen LogP contribution is -2.62. The average Bonchev–Trinajstić information content (AvgIpc) is 3.40. The molecule has 0 unspecified atom stereocenters. The molecule has 0 aromatic heterocycles. The molecule has 69 heavy (non-hydrogen) atoms. The maximum absolute atomic E-state index is 13.9. The van der Waals surface area contributed by atoms with Crippen molar-refractivity contribution in [2.24, 2.45) is 0 Å². The number of carbonyl (C=O) groups excluding carboxylic acids is 6. The van der Waals surface area contributed by atoms with Crippen LogP contribution in [-0.4, -0.2) is 104 Å². The molecule has 2 aliphatic rings. The first-order valence-corrected chi connectivity index (χ1v) is 22.1. The van der Waals surface area contributed by atoms with E-state index < -0.39 is 97.5 Å². The van der Waals surface area contributed by atoms with Gasteiger partial charge in [0.1, 0.15) is 6.10 Å². The van der Waals surface area contributed by atoms with E-state index in [1.165, 1.54) is 48.5 Å². The third kappa shape index (κ3) is 12.0. The number of carbonyl (C=O) groups is 6. The predicted molar refractivity (Wildman–Crippen MR) is 244 cm³/mol. The summed E-state index contributed by atoms with van der Waals surface area (Å²) >= 11 is 0. The van der Waals surface area contributed by atoms with Crippen LogP contribution in [0.1, 0.15) is 69.1 Å². The smallest absolute Gasteiger partial charge is 0.338 e. The molecule has 2 fully saturated rings. The maximum atomic E-state index is 13.9. The molecular formula is C54H46O15. The Bertz CT molecular complexity index is 2670. The van der Waals surface area contributed by atoms with Crippen LogP contribution in [0.2, 0.25) is 0 Å². The molecule has 0 radical (unpaired) electrons. The Labute approximate surface area is 396 Å². The molecule has 9 atom stereocenters. The highest BCUT2D eigenvalue weighted by molar-refractivity contribution is 5.92. The highest BCUT2D eigenvalue weighted by atomic mass is 16.7. The summed E-state index contributed by atoms with van der Waals surface area (Å²) in [4.78, 5) is 82.8. The van der Waals surface area contributed by atoms with Crippen molar-refractivity contribution in [3.63, 3.8) is 0 Å². The second-order valence-electron chi connectivity index (χ2n) is 15.9. The van der Waals surface area contributed by atoms with Gasteiger partial charge in [-0.05, 0) is 79.7 Å². The Morgan fingerprint density at radius 2 is 0.696 bits per heavy atom. The van der Waals surface area contributed by atoms with E-state index in [-0.39, 0.29) is 40.0 Å². The molecular weight excluding hydrogens is 889 g/mol. The maximum Gasteiger partial charge on any atom is 0.338 e. The lowest BCUT2D eigenvalue weighted by Gasteiger charge is -2.45. The number of hydrogen-bond acceptors (Lipinski definition) is 15. The molecule has 2 aliphatic heterocycles. The molecule has 2 saturated heterocycles. The molecule has 0 spiro atoms. The van der Waals surface area contributed by atoms with Crippen LogP contribution in [0.3, 0.4) is 0 Å². The van der Waals surface area contributed by atoms with Crippen molar-refractivity contribution in [3.8, 4) is 0 Å². The SMILES string of the molecule is C[C@H]1O[C@@H](OC[C@H]2OC[C@H](OC(=O)c3ccccc3)[C@@H](OC(=O)c3ccccc3)[C@@H]2OC(=O)c2ccccc2)[C@H](OC(=O)c2ccccc2)[C@@H](OC(=O)c2ccccc2)[C@@H]1OC(=O)c1ccccc1. The van der Waals surface area contributed by atoms with Crippen LogP contribution < -0.4 is 0 Å². The van der Waals surface area contributed by atoms with E-state index in [0.29, 0.717) is 0 Å². The van der Waals surface area contributed by atoms with Crippen LogP contribution in [0.25, 0.3) is 0 Å². The van der Waals surface area contributed by atoms with E-state index in [1.54, 1.807) is 140 Å². The van der Waals surface area contributed by atoms with E-state index in [2.05, 4.69) is 0 Å². The summed E-state index contributed by atoms with van der Waals surface area (Å²) in [5.74, 6) is -4.89. The highest BCUT2D eigenvalue weighted by Crippen LogP contribution is 2.33. The predicted octanol–water partition coefficient (Wildman–Crippen LogP) is 7.50. The summed E-state index contributed by atoms with van der Waals surface area (Å²) in [6.07, 6.45) is -12.8. The first-order valence-electron chi connectivity index (χ1n) is 22.1. The van der Waals surface area contributed by atoms with Gasteiger partial charge in [0.2, 0.25) is 0 Å². The molecule has 0 aliphatic carbocycles. The van der Waals surface area contributed by atoms with Gasteiger partial charge >= 0.3 is 35.8 Å². The van der Waals surface area contributed by atoms with Crippen molar-refractivity contribution >= 4 is 35.8 Å². The fourth-order valence-corrected chi connectivity index (χ4v) is 7.69. The summed E-state index contributed by atoms with van der Waals surface area (Å²) in [5.41, 5.74) is 0.962. The molecule has 352 valence electrons.